The topological polar surface area (TPSA) is 119 Å². The highest BCUT2D eigenvalue weighted by atomic mass is 32.2. The Balaban J connectivity index is 3.57. The molecule has 0 aliphatic carbocycles. The molecule has 3 N–H and O–H groups in total. The molecule has 20 heavy (non-hydrogen) atoms. The number of nitrogens with one attached hydrogen (secondary N) is 1. The Morgan fingerprint density at radius 2 is 1.95 bits per heavy atom. The van der Waals surface area contributed by atoms with Gasteiger partial charge < -0.3 is 5.43 Å². The van der Waals surface area contributed by atoms with Crippen LogP contribution in [0.25, 0.3) is 0 Å². The van der Waals surface area contributed by atoms with Gasteiger partial charge in [0.1, 0.15) is 4.90 Å². The zero-order valence-electron chi connectivity index (χ0n) is 11.0. The number of sulfonamides is 1. The third kappa shape index (κ3) is 2.86. The summed E-state index contributed by atoms with van der Waals surface area (Å²) in [6, 6.07) is 1.43. The Labute approximate surface area is 115 Å². The number of nitro groups is 1. The molecule has 1 rings (SSSR count). The largest absolute Gasteiger partial charge is 0.323 e. The van der Waals surface area contributed by atoms with Crippen LogP contribution in [0.2, 0.25) is 0 Å². The molecule has 0 bridgehead atoms. The molecule has 8 nitrogen and oxygen atoms in total. The quantitative estimate of drug-likeness (QED) is 0.460. The van der Waals surface area contributed by atoms with Gasteiger partial charge in [0.15, 0.2) is 5.82 Å². The summed E-state index contributed by atoms with van der Waals surface area (Å²) in [4.78, 5) is 9.10. The van der Waals surface area contributed by atoms with Gasteiger partial charge in [-0.25, -0.2) is 12.8 Å². The predicted octanol–water partition coefficient (Wildman–Crippen LogP) is 1.05. The maximum absolute atomic E-state index is 14.0. The molecule has 0 aromatic heterocycles. The van der Waals surface area contributed by atoms with Crippen molar-refractivity contribution in [3.8, 4) is 0 Å². The fourth-order valence-corrected chi connectivity index (χ4v) is 3.39. The summed E-state index contributed by atoms with van der Waals surface area (Å²) in [5.41, 5.74) is 1.04. The number of rotatable bonds is 6. The summed E-state index contributed by atoms with van der Waals surface area (Å²) < 4.78 is 39.6. The van der Waals surface area contributed by atoms with Gasteiger partial charge in [-0.05, 0) is 0 Å². The summed E-state index contributed by atoms with van der Waals surface area (Å²) in [7, 11) is -4.12. The Bertz CT molecular complexity index is 616. The van der Waals surface area contributed by atoms with Crippen molar-refractivity contribution in [3.63, 3.8) is 0 Å². The fraction of sp³-hybridized carbons (Fsp3) is 0.400. The predicted molar refractivity (Wildman–Crippen MR) is 71.0 cm³/mol. The van der Waals surface area contributed by atoms with Crippen molar-refractivity contribution < 1.29 is 17.7 Å². The van der Waals surface area contributed by atoms with E-state index in [2.05, 4.69) is 0 Å². The average Bonchev–Trinajstić information content (AvgIpc) is 2.38. The van der Waals surface area contributed by atoms with Crippen LogP contribution in [0.1, 0.15) is 13.8 Å². The zero-order chi connectivity index (χ0) is 15.5. The van der Waals surface area contributed by atoms with Gasteiger partial charge in [-0.15, -0.1) is 0 Å². The van der Waals surface area contributed by atoms with Gasteiger partial charge in [0.25, 0.3) is 5.69 Å². The van der Waals surface area contributed by atoms with Crippen LogP contribution in [0.15, 0.2) is 17.0 Å². The van der Waals surface area contributed by atoms with Crippen molar-refractivity contribution in [2.75, 3.05) is 18.5 Å². The maximum atomic E-state index is 14.0. The molecule has 1 aromatic carbocycles. The third-order valence-electron chi connectivity index (χ3n) is 2.70. The van der Waals surface area contributed by atoms with Gasteiger partial charge in [-0.1, -0.05) is 13.8 Å². The van der Waals surface area contributed by atoms with Crippen molar-refractivity contribution in [1.82, 2.24) is 4.31 Å². The molecule has 0 spiro atoms. The molecule has 0 amide bonds. The maximum Gasteiger partial charge on any atom is 0.274 e. The van der Waals surface area contributed by atoms with E-state index in [0.717, 1.165) is 10.4 Å². The fourth-order valence-electron chi connectivity index (χ4n) is 1.75. The normalized spacial score (nSPS) is 11.7. The Kier molecular flexibility index (Phi) is 4.98. The zero-order valence-corrected chi connectivity index (χ0v) is 11.8. The Morgan fingerprint density at radius 3 is 2.35 bits per heavy atom. The molecule has 0 saturated carbocycles. The first-order valence-corrected chi connectivity index (χ1v) is 7.18. The number of hydrazine groups is 1. The van der Waals surface area contributed by atoms with Crippen LogP contribution < -0.4 is 11.3 Å². The molecule has 0 saturated heterocycles. The molecule has 0 unspecified atom stereocenters. The monoisotopic (exact) mass is 306 g/mol. The summed E-state index contributed by atoms with van der Waals surface area (Å²) in [6.45, 7) is 3.47. The van der Waals surface area contributed by atoms with Crippen molar-refractivity contribution in [1.29, 1.82) is 0 Å². The van der Waals surface area contributed by atoms with Gasteiger partial charge in [-0.3, -0.25) is 16.0 Å². The van der Waals surface area contributed by atoms with Crippen LogP contribution in [0, 0.1) is 15.9 Å². The number of benzene rings is 1. The first kappa shape index (κ1) is 16.3. The summed E-state index contributed by atoms with van der Waals surface area (Å²) >= 11 is 0. The standard InChI is InChI=1S/C10H15FN4O4S/c1-3-14(4-2)20(18,19)10-8(11)5-7(15(16)17)6-9(10)13-12/h5-6,13H,3-4,12H2,1-2H3. The number of nitrogen functional groups attached to an aromatic ring is 1. The lowest BCUT2D eigenvalue weighted by molar-refractivity contribution is -0.385. The minimum atomic E-state index is -4.12. The van der Waals surface area contributed by atoms with E-state index in [1.165, 1.54) is 0 Å². The van der Waals surface area contributed by atoms with Gasteiger partial charge in [0, 0.05) is 19.2 Å². The van der Waals surface area contributed by atoms with Crippen molar-refractivity contribution in [3.05, 3.63) is 28.1 Å². The highest BCUT2D eigenvalue weighted by molar-refractivity contribution is 7.89. The minimum absolute atomic E-state index is 0.138. The number of non-ortho nitro benzene ring substituents is 1. The second-order valence-corrected chi connectivity index (χ2v) is 5.67. The van der Waals surface area contributed by atoms with Crippen molar-refractivity contribution in [2.24, 2.45) is 5.84 Å². The number of hydrogen-bond donors (Lipinski definition) is 2. The summed E-state index contributed by atoms with van der Waals surface area (Å²) in [5.74, 6) is 3.92. The SMILES string of the molecule is CCN(CC)S(=O)(=O)c1c(F)cc([N+](=O)[O-])cc1NN. The minimum Gasteiger partial charge on any atom is -0.323 e. The number of hydrogen-bond acceptors (Lipinski definition) is 6. The molecular weight excluding hydrogens is 291 g/mol. The van der Waals surface area contributed by atoms with E-state index in [4.69, 9.17) is 5.84 Å². The molecule has 1 aromatic rings. The lowest BCUT2D eigenvalue weighted by Gasteiger charge is -2.20. The van der Waals surface area contributed by atoms with E-state index in [0.29, 0.717) is 6.07 Å². The number of nitrogens with zero attached hydrogens (tertiary/aromatic N) is 2. The third-order valence-corrected chi connectivity index (χ3v) is 4.83. The highest BCUT2D eigenvalue weighted by Crippen LogP contribution is 2.31. The smallest absolute Gasteiger partial charge is 0.274 e. The van der Waals surface area contributed by atoms with Gasteiger partial charge in [0.05, 0.1) is 16.7 Å². The summed E-state index contributed by atoms with van der Waals surface area (Å²) in [5, 5.41) is 10.6. The lowest BCUT2D eigenvalue weighted by Crippen LogP contribution is -2.32. The first-order valence-electron chi connectivity index (χ1n) is 5.74. The van der Waals surface area contributed by atoms with Crippen LogP contribution in [0.3, 0.4) is 0 Å². The van der Waals surface area contributed by atoms with E-state index < -0.39 is 31.3 Å². The van der Waals surface area contributed by atoms with E-state index in [9.17, 15) is 22.9 Å². The average molecular weight is 306 g/mol. The molecule has 0 heterocycles. The number of anilines is 1. The van der Waals surface area contributed by atoms with E-state index in [1.54, 1.807) is 13.8 Å². The van der Waals surface area contributed by atoms with Crippen LogP contribution in [-0.2, 0) is 10.0 Å². The molecule has 0 radical (unpaired) electrons. The molecular formula is C10H15FN4O4S. The van der Waals surface area contributed by atoms with Gasteiger partial charge in [0.2, 0.25) is 10.0 Å². The van der Waals surface area contributed by atoms with Gasteiger partial charge in [-0.2, -0.15) is 4.31 Å². The molecule has 0 fully saturated rings. The Hall–Kier alpha value is -1.78. The molecule has 0 aliphatic heterocycles. The molecule has 10 heteroatoms. The Morgan fingerprint density at radius 1 is 1.40 bits per heavy atom. The second-order valence-electron chi connectivity index (χ2n) is 3.80. The molecule has 0 aliphatic rings. The lowest BCUT2D eigenvalue weighted by atomic mass is 10.3. The van der Waals surface area contributed by atoms with Crippen LogP contribution in [-0.4, -0.2) is 30.7 Å². The number of nitrogens with two attached hydrogens (primary N) is 1. The first-order chi connectivity index (χ1) is 9.29. The van der Waals surface area contributed by atoms with Crippen molar-refractivity contribution in [2.45, 2.75) is 18.7 Å². The number of halogens is 1. The molecule has 112 valence electrons. The summed E-state index contributed by atoms with van der Waals surface area (Å²) in [6.07, 6.45) is 0. The molecule has 0 atom stereocenters. The van der Waals surface area contributed by atoms with Crippen LogP contribution >= 0.6 is 0 Å². The second kappa shape index (κ2) is 6.11. The van der Waals surface area contributed by atoms with Gasteiger partial charge >= 0.3 is 0 Å². The van der Waals surface area contributed by atoms with E-state index in [1.807, 2.05) is 5.43 Å². The van der Waals surface area contributed by atoms with E-state index in [-0.39, 0.29) is 18.8 Å². The van der Waals surface area contributed by atoms with Crippen LogP contribution in [0.5, 0.6) is 0 Å². The van der Waals surface area contributed by atoms with Crippen molar-refractivity contribution >= 4 is 21.4 Å². The highest BCUT2D eigenvalue weighted by Gasteiger charge is 2.30. The number of nitro benzene ring substituents is 1. The van der Waals surface area contributed by atoms with Crippen LogP contribution in [0.4, 0.5) is 15.8 Å². The van der Waals surface area contributed by atoms with E-state index >= 15 is 0 Å².